The second kappa shape index (κ2) is 8.69. The molecule has 1 aliphatic carbocycles. The lowest BCUT2D eigenvalue weighted by Gasteiger charge is -2.22. The maximum absolute atomic E-state index is 6.41. The average molecular weight is 479 g/mol. The first kappa shape index (κ1) is 21.1. The van der Waals surface area contributed by atoms with E-state index in [0.717, 1.165) is 11.4 Å². The molecule has 4 aromatic heterocycles. The molecule has 174 valence electrons. The summed E-state index contributed by atoms with van der Waals surface area (Å²) in [5.41, 5.74) is 2.56. The number of aromatic nitrogens is 6. The van der Waals surface area contributed by atoms with Gasteiger partial charge in [-0.05, 0) is 25.0 Å². The highest BCUT2D eigenvalue weighted by Crippen LogP contribution is 2.40. The molecular formula is C23H23ClN8O2. The number of H-pyrrole nitrogens is 1. The van der Waals surface area contributed by atoms with E-state index in [9.17, 15) is 0 Å². The van der Waals surface area contributed by atoms with Crippen molar-refractivity contribution in [2.24, 2.45) is 0 Å². The van der Waals surface area contributed by atoms with E-state index in [1.807, 2.05) is 30.3 Å². The Kier molecular flexibility index (Phi) is 5.39. The summed E-state index contributed by atoms with van der Waals surface area (Å²) >= 11 is 6.41. The molecule has 0 aromatic carbocycles. The Labute approximate surface area is 200 Å². The van der Waals surface area contributed by atoms with Gasteiger partial charge in [-0.3, -0.25) is 10.1 Å². The summed E-state index contributed by atoms with van der Waals surface area (Å²) in [6, 6.07) is 9.46. The number of pyridine rings is 1. The van der Waals surface area contributed by atoms with Crippen molar-refractivity contribution < 1.29 is 9.26 Å². The van der Waals surface area contributed by atoms with E-state index in [2.05, 4.69) is 35.5 Å². The summed E-state index contributed by atoms with van der Waals surface area (Å²) in [4.78, 5) is 15.6. The fraction of sp³-hybridized carbons (Fsp3) is 0.348. The molecule has 34 heavy (non-hydrogen) atoms. The molecule has 6 rings (SSSR count). The number of hydrogen-bond donors (Lipinski definition) is 2. The van der Waals surface area contributed by atoms with Gasteiger partial charge in [0.1, 0.15) is 10.7 Å². The molecule has 0 bridgehead atoms. The molecule has 2 fully saturated rings. The van der Waals surface area contributed by atoms with Crippen LogP contribution in [-0.2, 0) is 4.74 Å². The number of halogens is 1. The lowest BCUT2D eigenvalue weighted by Crippen LogP contribution is -2.26. The predicted molar refractivity (Wildman–Crippen MR) is 126 cm³/mol. The molecule has 4 aromatic rings. The summed E-state index contributed by atoms with van der Waals surface area (Å²) in [5, 5.41) is 15.3. The van der Waals surface area contributed by atoms with Gasteiger partial charge in [-0.25, -0.2) is 4.98 Å². The van der Waals surface area contributed by atoms with Crippen molar-refractivity contribution in [2.45, 2.75) is 37.3 Å². The van der Waals surface area contributed by atoms with Crippen molar-refractivity contribution >= 4 is 29.2 Å². The van der Waals surface area contributed by atoms with Gasteiger partial charge in [0.25, 0.3) is 0 Å². The zero-order chi connectivity index (χ0) is 23.1. The van der Waals surface area contributed by atoms with E-state index in [1.165, 1.54) is 12.8 Å². The number of methoxy groups -OCH3 is 1. The Hall–Kier alpha value is -3.50. The quantitative estimate of drug-likeness (QED) is 0.396. The van der Waals surface area contributed by atoms with E-state index in [0.29, 0.717) is 52.9 Å². The second-order valence-electron chi connectivity index (χ2n) is 8.57. The summed E-state index contributed by atoms with van der Waals surface area (Å²) in [6.07, 6.45) is 6.43. The number of ether oxygens (including phenoxy) is 1. The van der Waals surface area contributed by atoms with Gasteiger partial charge in [0.05, 0.1) is 24.0 Å². The van der Waals surface area contributed by atoms with Crippen molar-refractivity contribution in [3.63, 3.8) is 0 Å². The van der Waals surface area contributed by atoms with Crippen LogP contribution in [0.15, 0.2) is 47.2 Å². The number of anilines is 3. The Morgan fingerprint density at radius 2 is 2.12 bits per heavy atom. The minimum Gasteiger partial charge on any atom is -0.380 e. The Morgan fingerprint density at radius 1 is 1.21 bits per heavy atom. The van der Waals surface area contributed by atoms with Crippen LogP contribution in [0.25, 0.3) is 11.4 Å². The first-order chi connectivity index (χ1) is 16.7. The number of aromatic amines is 1. The summed E-state index contributed by atoms with van der Waals surface area (Å²) in [6.45, 7) is 0.607. The molecule has 5 heterocycles. The molecular weight excluding hydrogens is 456 g/mol. The zero-order valence-electron chi connectivity index (χ0n) is 18.5. The molecule has 10 nitrogen and oxygen atoms in total. The predicted octanol–water partition coefficient (Wildman–Crippen LogP) is 4.49. The first-order valence-corrected chi connectivity index (χ1v) is 11.6. The maximum atomic E-state index is 6.41. The minimum atomic E-state index is -0.143. The fourth-order valence-electron chi connectivity index (χ4n) is 4.25. The number of nitrogens with zero attached hydrogens (tertiary/aromatic N) is 6. The molecule has 0 radical (unpaired) electrons. The maximum Gasteiger partial charge on any atom is 0.228 e. The normalized spacial score (nSPS) is 20.1. The van der Waals surface area contributed by atoms with E-state index >= 15 is 0 Å². The van der Waals surface area contributed by atoms with Gasteiger partial charge in [-0.2, -0.15) is 10.1 Å². The smallest absolute Gasteiger partial charge is 0.228 e. The van der Waals surface area contributed by atoms with Gasteiger partial charge in [-0.15, -0.1) is 0 Å². The molecule has 1 saturated heterocycles. The van der Waals surface area contributed by atoms with Crippen molar-refractivity contribution in [1.82, 2.24) is 30.3 Å². The van der Waals surface area contributed by atoms with Crippen LogP contribution in [-0.4, -0.2) is 50.1 Å². The Morgan fingerprint density at radius 3 is 2.91 bits per heavy atom. The minimum absolute atomic E-state index is 0.00321. The SMILES string of the molecule is COC1CC(c2cc(-c3ccccn3)no2)N(c2ncc(Cl)c(Nc3cc(C4CC4)[nH]n3)n2)C1. The molecule has 1 aliphatic heterocycles. The Bertz CT molecular complexity index is 1290. The third-order valence-corrected chi connectivity index (χ3v) is 6.51. The topological polar surface area (TPSA) is 118 Å². The van der Waals surface area contributed by atoms with Crippen molar-refractivity contribution in [3.8, 4) is 11.4 Å². The van der Waals surface area contributed by atoms with Crippen LogP contribution < -0.4 is 10.2 Å². The van der Waals surface area contributed by atoms with Gasteiger partial charge in [0.15, 0.2) is 17.4 Å². The number of rotatable bonds is 7. The molecule has 11 heteroatoms. The van der Waals surface area contributed by atoms with Crippen molar-refractivity contribution in [3.05, 3.63) is 59.2 Å². The standard InChI is InChI=1S/C23H23ClN8O2/c1-33-14-8-19(20-9-18(31-34-20)16-4-2-3-7-25-16)32(12-14)23-26-11-15(24)22(28-23)27-21-10-17(29-30-21)13-5-6-13/h2-4,7,9-11,13-14,19H,5-6,8,12H2,1H3,(H2,26,27,28,29,30). The number of nitrogens with one attached hydrogen (secondary N) is 2. The van der Waals surface area contributed by atoms with Gasteiger partial charge >= 0.3 is 0 Å². The lowest BCUT2D eigenvalue weighted by molar-refractivity contribution is 0.117. The van der Waals surface area contributed by atoms with Crippen LogP contribution in [0.5, 0.6) is 0 Å². The van der Waals surface area contributed by atoms with Crippen LogP contribution in [0.3, 0.4) is 0 Å². The lowest BCUT2D eigenvalue weighted by atomic mass is 10.1. The van der Waals surface area contributed by atoms with E-state index in [-0.39, 0.29) is 12.1 Å². The third-order valence-electron chi connectivity index (χ3n) is 6.23. The van der Waals surface area contributed by atoms with Crippen molar-refractivity contribution in [1.29, 1.82) is 0 Å². The molecule has 2 N–H and O–H groups in total. The van der Waals surface area contributed by atoms with Crippen LogP contribution in [0, 0.1) is 0 Å². The fourth-order valence-corrected chi connectivity index (χ4v) is 4.39. The molecule has 0 spiro atoms. The van der Waals surface area contributed by atoms with Gasteiger partial charge in [0.2, 0.25) is 5.95 Å². The highest BCUT2D eigenvalue weighted by Gasteiger charge is 2.38. The monoisotopic (exact) mass is 478 g/mol. The third kappa shape index (κ3) is 4.10. The molecule has 1 saturated carbocycles. The van der Waals surface area contributed by atoms with E-state index in [1.54, 1.807) is 19.5 Å². The van der Waals surface area contributed by atoms with Crippen molar-refractivity contribution in [2.75, 3.05) is 23.9 Å². The average Bonchev–Trinajstić information content (AvgIpc) is 3.25. The van der Waals surface area contributed by atoms with E-state index in [4.69, 9.17) is 25.8 Å². The van der Waals surface area contributed by atoms with Gasteiger partial charge in [0, 0.05) is 50.0 Å². The molecule has 0 amide bonds. The van der Waals surface area contributed by atoms with E-state index < -0.39 is 0 Å². The molecule has 2 unspecified atom stereocenters. The van der Waals surface area contributed by atoms with Crippen LogP contribution >= 0.6 is 11.6 Å². The summed E-state index contributed by atoms with van der Waals surface area (Å²) < 4.78 is 11.4. The van der Waals surface area contributed by atoms with Crippen LogP contribution in [0.1, 0.15) is 42.7 Å². The van der Waals surface area contributed by atoms with Gasteiger partial charge < -0.3 is 19.5 Å². The largest absolute Gasteiger partial charge is 0.380 e. The first-order valence-electron chi connectivity index (χ1n) is 11.2. The zero-order valence-corrected chi connectivity index (χ0v) is 19.2. The number of hydrogen-bond acceptors (Lipinski definition) is 9. The van der Waals surface area contributed by atoms with Crippen LogP contribution in [0.2, 0.25) is 5.02 Å². The van der Waals surface area contributed by atoms with Crippen LogP contribution in [0.4, 0.5) is 17.6 Å². The molecule has 2 aliphatic rings. The highest BCUT2D eigenvalue weighted by atomic mass is 35.5. The highest BCUT2D eigenvalue weighted by molar-refractivity contribution is 6.32. The summed E-state index contributed by atoms with van der Waals surface area (Å²) in [7, 11) is 1.70. The Balaban J connectivity index is 1.28. The van der Waals surface area contributed by atoms with Gasteiger partial charge in [-0.1, -0.05) is 22.8 Å². The molecule has 2 atom stereocenters. The second-order valence-corrected chi connectivity index (χ2v) is 8.97. The summed E-state index contributed by atoms with van der Waals surface area (Å²) in [5.74, 6) is 2.97.